The predicted octanol–water partition coefficient (Wildman–Crippen LogP) is 3.49. The Labute approximate surface area is 155 Å². The first kappa shape index (κ1) is 18.5. The monoisotopic (exact) mass is 395 g/mol. The lowest BCUT2D eigenvalue weighted by Gasteiger charge is -2.15. The molecule has 0 unspecified atom stereocenters. The van der Waals surface area contributed by atoms with Gasteiger partial charge in [0.05, 0.1) is 12.3 Å². The van der Waals surface area contributed by atoms with Crippen molar-refractivity contribution in [3.05, 3.63) is 70.8 Å². The number of sulfonamides is 1. The molecule has 0 aliphatic carbocycles. The Balaban J connectivity index is 1.70. The third-order valence-corrected chi connectivity index (χ3v) is 5.69. The zero-order valence-corrected chi connectivity index (χ0v) is 15.3. The molecular formula is C17H15ClFN3O3S. The van der Waals surface area contributed by atoms with E-state index in [1.54, 1.807) is 24.3 Å². The van der Waals surface area contributed by atoms with Gasteiger partial charge in [0, 0.05) is 17.6 Å². The van der Waals surface area contributed by atoms with Crippen LogP contribution in [0.25, 0.3) is 11.4 Å². The van der Waals surface area contributed by atoms with Gasteiger partial charge in [0.25, 0.3) is 0 Å². The predicted molar refractivity (Wildman–Crippen MR) is 95.2 cm³/mol. The summed E-state index contributed by atoms with van der Waals surface area (Å²) in [4.78, 5) is 4.21. The number of halogens is 2. The first-order valence-electron chi connectivity index (χ1n) is 7.60. The lowest BCUT2D eigenvalue weighted by molar-refractivity contribution is 0.336. The van der Waals surface area contributed by atoms with Crippen molar-refractivity contribution in [1.82, 2.24) is 14.4 Å². The molecule has 6 nitrogen and oxygen atoms in total. The minimum absolute atomic E-state index is 0.0654. The maximum atomic E-state index is 12.9. The average Bonchev–Trinajstić information content (AvgIpc) is 3.06. The van der Waals surface area contributed by atoms with Crippen LogP contribution in [0.4, 0.5) is 4.39 Å². The molecule has 1 heterocycles. The van der Waals surface area contributed by atoms with Crippen LogP contribution in [0.5, 0.6) is 0 Å². The van der Waals surface area contributed by atoms with E-state index in [0.29, 0.717) is 22.0 Å². The van der Waals surface area contributed by atoms with Crippen molar-refractivity contribution in [3.63, 3.8) is 0 Å². The molecule has 3 rings (SSSR count). The molecule has 3 aromatic rings. The maximum Gasteiger partial charge on any atom is 0.242 e. The number of hydrogen-bond donors (Lipinski definition) is 0. The molecule has 0 spiro atoms. The van der Waals surface area contributed by atoms with Gasteiger partial charge >= 0.3 is 0 Å². The molecule has 0 saturated carbocycles. The SMILES string of the molecule is CN(Cc1nc(-c2ccc(Cl)cc2)no1)S(=O)(=O)Cc1ccc(F)cc1. The summed E-state index contributed by atoms with van der Waals surface area (Å²) < 4.78 is 44.0. The van der Waals surface area contributed by atoms with Crippen molar-refractivity contribution >= 4 is 21.6 Å². The van der Waals surface area contributed by atoms with E-state index in [1.807, 2.05) is 0 Å². The Morgan fingerprint density at radius 2 is 1.77 bits per heavy atom. The normalized spacial score (nSPS) is 11.8. The summed E-state index contributed by atoms with van der Waals surface area (Å²) in [5.74, 6) is -0.150. The number of rotatable bonds is 6. The van der Waals surface area contributed by atoms with Crippen molar-refractivity contribution in [2.24, 2.45) is 0 Å². The Morgan fingerprint density at radius 1 is 1.12 bits per heavy atom. The van der Waals surface area contributed by atoms with Gasteiger partial charge in [0.2, 0.25) is 21.7 Å². The second-order valence-corrected chi connectivity index (χ2v) is 8.17. The first-order valence-corrected chi connectivity index (χ1v) is 9.59. The van der Waals surface area contributed by atoms with E-state index in [0.717, 1.165) is 4.31 Å². The largest absolute Gasteiger partial charge is 0.338 e. The Hall–Kier alpha value is -2.29. The van der Waals surface area contributed by atoms with Gasteiger partial charge in [-0.25, -0.2) is 12.8 Å². The lowest BCUT2D eigenvalue weighted by atomic mass is 10.2. The molecule has 0 radical (unpaired) electrons. The van der Waals surface area contributed by atoms with Gasteiger partial charge in [0.15, 0.2) is 0 Å². The molecule has 0 aliphatic rings. The molecule has 0 aliphatic heterocycles. The highest BCUT2D eigenvalue weighted by molar-refractivity contribution is 7.88. The summed E-state index contributed by atoms with van der Waals surface area (Å²) in [5.41, 5.74) is 1.20. The van der Waals surface area contributed by atoms with Crippen molar-refractivity contribution in [3.8, 4) is 11.4 Å². The van der Waals surface area contributed by atoms with Crippen LogP contribution in [-0.4, -0.2) is 29.9 Å². The number of benzene rings is 2. The van der Waals surface area contributed by atoms with Crippen molar-refractivity contribution in [2.75, 3.05) is 7.05 Å². The zero-order chi connectivity index (χ0) is 18.7. The molecule has 0 N–H and O–H groups in total. The van der Waals surface area contributed by atoms with Crippen LogP contribution in [-0.2, 0) is 22.3 Å². The zero-order valence-electron chi connectivity index (χ0n) is 13.8. The average molecular weight is 396 g/mol. The van der Waals surface area contributed by atoms with Crippen LogP contribution in [0.2, 0.25) is 5.02 Å². The van der Waals surface area contributed by atoms with Crippen LogP contribution in [0.15, 0.2) is 53.1 Å². The molecule has 0 fully saturated rings. The highest BCUT2D eigenvalue weighted by Gasteiger charge is 2.21. The Morgan fingerprint density at radius 3 is 2.42 bits per heavy atom. The molecule has 0 amide bonds. The summed E-state index contributed by atoms with van der Waals surface area (Å²) in [6, 6.07) is 12.2. The van der Waals surface area contributed by atoms with Crippen LogP contribution in [0.3, 0.4) is 0 Å². The fourth-order valence-corrected chi connectivity index (χ4v) is 3.49. The fourth-order valence-electron chi connectivity index (χ4n) is 2.23. The highest BCUT2D eigenvalue weighted by atomic mass is 35.5. The standard InChI is InChI=1S/C17H15ClFN3O3S/c1-22(26(23,24)11-12-2-8-15(19)9-3-12)10-16-20-17(21-25-16)13-4-6-14(18)7-5-13/h2-9H,10-11H2,1H3. The van der Waals surface area contributed by atoms with Crippen LogP contribution < -0.4 is 0 Å². The van der Waals surface area contributed by atoms with E-state index < -0.39 is 15.8 Å². The van der Waals surface area contributed by atoms with Gasteiger partial charge < -0.3 is 4.52 Å². The molecule has 9 heteroatoms. The van der Waals surface area contributed by atoms with Crippen molar-refractivity contribution < 1.29 is 17.3 Å². The minimum Gasteiger partial charge on any atom is -0.338 e. The molecule has 136 valence electrons. The maximum absolute atomic E-state index is 12.9. The number of hydrogen-bond acceptors (Lipinski definition) is 5. The Bertz CT molecular complexity index is 989. The smallest absolute Gasteiger partial charge is 0.242 e. The topological polar surface area (TPSA) is 76.3 Å². The second kappa shape index (κ2) is 7.53. The summed E-state index contributed by atoms with van der Waals surface area (Å²) in [7, 11) is -2.20. The van der Waals surface area contributed by atoms with Crippen LogP contribution >= 0.6 is 11.6 Å². The summed E-state index contributed by atoms with van der Waals surface area (Å²) in [6.45, 7) is -0.0654. The molecule has 0 bridgehead atoms. The van der Waals surface area contributed by atoms with E-state index in [9.17, 15) is 12.8 Å². The third-order valence-electron chi connectivity index (χ3n) is 3.67. The number of nitrogens with zero attached hydrogens (tertiary/aromatic N) is 3. The van der Waals surface area contributed by atoms with Crippen LogP contribution in [0, 0.1) is 5.82 Å². The molecule has 2 aromatic carbocycles. The molecule has 0 saturated heterocycles. The summed E-state index contributed by atoms with van der Waals surface area (Å²) >= 11 is 5.84. The van der Waals surface area contributed by atoms with E-state index in [2.05, 4.69) is 10.1 Å². The first-order chi connectivity index (χ1) is 12.3. The highest BCUT2D eigenvalue weighted by Crippen LogP contribution is 2.20. The molecule has 1 aromatic heterocycles. The molecular weight excluding hydrogens is 381 g/mol. The van der Waals surface area contributed by atoms with Gasteiger partial charge in [-0.1, -0.05) is 28.9 Å². The van der Waals surface area contributed by atoms with E-state index in [1.165, 1.54) is 31.3 Å². The van der Waals surface area contributed by atoms with E-state index in [-0.39, 0.29) is 18.2 Å². The summed E-state index contributed by atoms with van der Waals surface area (Å²) in [6.07, 6.45) is 0. The minimum atomic E-state index is -3.62. The van der Waals surface area contributed by atoms with Gasteiger partial charge in [-0.2, -0.15) is 9.29 Å². The van der Waals surface area contributed by atoms with Gasteiger partial charge in [-0.05, 0) is 42.0 Å². The Kier molecular flexibility index (Phi) is 5.36. The van der Waals surface area contributed by atoms with Crippen LogP contribution in [0.1, 0.15) is 11.5 Å². The fraction of sp³-hybridized carbons (Fsp3) is 0.176. The molecule has 26 heavy (non-hydrogen) atoms. The van der Waals surface area contributed by atoms with E-state index in [4.69, 9.17) is 16.1 Å². The van der Waals surface area contributed by atoms with Gasteiger partial charge in [-0.15, -0.1) is 0 Å². The summed E-state index contributed by atoms with van der Waals surface area (Å²) in [5, 5.41) is 4.44. The number of aromatic nitrogens is 2. The van der Waals surface area contributed by atoms with Crippen molar-refractivity contribution in [2.45, 2.75) is 12.3 Å². The van der Waals surface area contributed by atoms with Gasteiger partial charge in [-0.3, -0.25) is 0 Å². The lowest BCUT2D eigenvalue weighted by Crippen LogP contribution is -2.27. The second-order valence-electron chi connectivity index (χ2n) is 5.66. The van der Waals surface area contributed by atoms with Gasteiger partial charge in [0.1, 0.15) is 5.82 Å². The quantitative estimate of drug-likeness (QED) is 0.638. The molecule has 0 atom stereocenters. The van der Waals surface area contributed by atoms with E-state index >= 15 is 0 Å². The van der Waals surface area contributed by atoms with Crippen molar-refractivity contribution in [1.29, 1.82) is 0 Å². The third kappa shape index (κ3) is 4.46.